The standard InChI is InChI=1S/C24H19F2N3O4/c1-13(14-2-5-17(25)6-3-14)27-23(30)16-10-18-24(31)28-21(22(26)29(18)12-16)15-4-7-19-20(11-15)33-9-8-32-19/h2-7,10-13H,8-9H2,1H3,(H,27,30)(H,28,31)/t13-/m1/s1. The average molecular weight is 451 g/mol. The third-order valence-corrected chi connectivity index (χ3v) is 5.52. The molecule has 4 aromatic rings. The molecule has 1 amide bonds. The summed E-state index contributed by atoms with van der Waals surface area (Å²) in [5.41, 5.74) is 0.638. The number of halogens is 2. The van der Waals surface area contributed by atoms with E-state index in [0.717, 1.165) is 4.40 Å². The van der Waals surface area contributed by atoms with Gasteiger partial charge >= 0.3 is 0 Å². The van der Waals surface area contributed by atoms with Gasteiger partial charge < -0.3 is 19.8 Å². The van der Waals surface area contributed by atoms with E-state index in [1.807, 2.05) is 0 Å². The summed E-state index contributed by atoms with van der Waals surface area (Å²) in [5.74, 6) is -0.591. The van der Waals surface area contributed by atoms with Gasteiger partial charge in [0.25, 0.3) is 11.5 Å². The molecule has 0 unspecified atom stereocenters. The second-order valence-corrected chi connectivity index (χ2v) is 7.71. The van der Waals surface area contributed by atoms with Crippen LogP contribution in [0, 0.1) is 11.8 Å². The summed E-state index contributed by atoms with van der Waals surface area (Å²) in [4.78, 5) is 27.9. The number of H-pyrrole nitrogens is 1. The molecule has 2 aromatic heterocycles. The predicted molar refractivity (Wildman–Crippen MR) is 117 cm³/mol. The third kappa shape index (κ3) is 3.82. The van der Waals surface area contributed by atoms with Crippen molar-refractivity contribution < 1.29 is 23.0 Å². The maximum absolute atomic E-state index is 15.4. The van der Waals surface area contributed by atoms with E-state index >= 15 is 4.39 Å². The second-order valence-electron chi connectivity index (χ2n) is 7.71. The van der Waals surface area contributed by atoms with Crippen LogP contribution < -0.4 is 20.3 Å². The highest BCUT2D eigenvalue weighted by atomic mass is 19.1. The smallest absolute Gasteiger partial charge is 0.272 e. The zero-order chi connectivity index (χ0) is 23.1. The molecule has 0 spiro atoms. The number of aromatic nitrogens is 2. The van der Waals surface area contributed by atoms with Crippen LogP contribution in [0.15, 0.2) is 59.5 Å². The Morgan fingerprint density at radius 1 is 1.06 bits per heavy atom. The number of hydrogen-bond donors (Lipinski definition) is 2. The number of hydrogen-bond acceptors (Lipinski definition) is 4. The summed E-state index contributed by atoms with van der Waals surface area (Å²) < 4.78 is 40.6. The van der Waals surface area contributed by atoms with Gasteiger partial charge in [-0.1, -0.05) is 12.1 Å². The summed E-state index contributed by atoms with van der Waals surface area (Å²) in [5, 5.41) is 2.77. The third-order valence-electron chi connectivity index (χ3n) is 5.52. The topological polar surface area (TPSA) is 84.8 Å². The minimum atomic E-state index is -0.730. The average Bonchev–Trinajstić information content (AvgIpc) is 3.28. The van der Waals surface area contributed by atoms with Crippen molar-refractivity contribution in [3.63, 3.8) is 0 Å². The largest absolute Gasteiger partial charge is 0.486 e. The predicted octanol–water partition coefficient (Wildman–Crippen LogP) is 3.84. The fraction of sp³-hybridized carbons (Fsp3) is 0.167. The van der Waals surface area contributed by atoms with E-state index in [9.17, 15) is 14.0 Å². The molecule has 0 aliphatic carbocycles. The van der Waals surface area contributed by atoms with E-state index in [0.29, 0.717) is 35.8 Å². The number of ether oxygens (including phenoxy) is 2. The van der Waals surface area contributed by atoms with Crippen LogP contribution >= 0.6 is 0 Å². The van der Waals surface area contributed by atoms with Crippen LogP contribution in [-0.4, -0.2) is 28.5 Å². The number of amides is 1. The normalized spacial score (nSPS) is 13.7. The number of rotatable bonds is 4. The van der Waals surface area contributed by atoms with Gasteiger partial charge in [-0.2, -0.15) is 4.39 Å². The maximum atomic E-state index is 15.4. The van der Waals surface area contributed by atoms with Crippen molar-refractivity contribution in [2.45, 2.75) is 13.0 Å². The van der Waals surface area contributed by atoms with E-state index < -0.39 is 23.5 Å². The van der Waals surface area contributed by atoms with E-state index in [1.54, 1.807) is 37.3 Å². The lowest BCUT2D eigenvalue weighted by Crippen LogP contribution is -2.26. The van der Waals surface area contributed by atoms with E-state index in [-0.39, 0.29) is 22.6 Å². The summed E-state index contributed by atoms with van der Waals surface area (Å²) in [6.07, 6.45) is 1.27. The molecule has 0 bridgehead atoms. The molecule has 5 rings (SSSR count). The molecule has 3 heterocycles. The monoisotopic (exact) mass is 451 g/mol. The van der Waals surface area contributed by atoms with Crippen LogP contribution in [-0.2, 0) is 0 Å². The van der Waals surface area contributed by atoms with Gasteiger partial charge in [0.1, 0.15) is 30.2 Å². The Kier molecular flexibility index (Phi) is 5.08. The highest BCUT2D eigenvalue weighted by molar-refractivity contribution is 5.95. The lowest BCUT2D eigenvalue weighted by molar-refractivity contribution is 0.0940. The lowest BCUT2D eigenvalue weighted by Gasteiger charge is -2.19. The van der Waals surface area contributed by atoms with Crippen molar-refractivity contribution in [3.05, 3.63) is 88.0 Å². The fourth-order valence-corrected chi connectivity index (χ4v) is 3.78. The van der Waals surface area contributed by atoms with Crippen molar-refractivity contribution in [1.29, 1.82) is 0 Å². The van der Waals surface area contributed by atoms with Crippen LogP contribution in [0.2, 0.25) is 0 Å². The molecule has 0 radical (unpaired) electrons. The molecule has 7 nitrogen and oxygen atoms in total. The number of carbonyl (C=O) groups excluding carboxylic acids is 1. The Hall–Kier alpha value is -4.14. The van der Waals surface area contributed by atoms with Crippen molar-refractivity contribution in [2.75, 3.05) is 13.2 Å². The van der Waals surface area contributed by atoms with Gasteiger partial charge in [0, 0.05) is 11.8 Å². The summed E-state index contributed by atoms with van der Waals surface area (Å²) in [6.45, 7) is 2.55. The van der Waals surface area contributed by atoms with Gasteiger partial charge in [-0.15, -0.1) is 0 Å². The fourth-order valence-electron chi connectivity index (χ4n) is 3.78. The number of aromatic amines is 1. The highest BCUT2D eigenvalue weighted by Gasteiger charge is 2.20. The summed E-state index contributed by atoms with van der Waals surface area (Å²) in [7, 11) is 0. The van der Waals surface area contributed by atoms with Gasteiger partial charge in [-0.25, -0.2) is 4.39 Å². The zero-order valence-electron chi connectivity index (χ0n) is 17.5. The molecule has 1 aliphatic heterocycles. The van der Waals surface area contributed by atoms with Crippen LogP contribution in [0.1, 0.15) is 28.9 Å². The molecular formula is C24H19F2N3O4. The first-order valence-corrected chi connectivity index (χ1v) is 10.3. The van der Waals surface area contributed by atoms with Crippen LogP contribution in [0.4, 0.5) is 8.78 Å². The Bertz CT molecular complexity index is 1430. The SMILES string of the molecule is C[C@@H](NC(=O)c1cc2c(=O)[nH]c(-c3ccc4c(c3)OCCO4)c(F)n2c1)c1ccc(F)cc1. The Labute approximate surface area is 186 Å². The van der Waals surface area contributed by atoms with Gasteiger partial charge in [0.05, 0.1) is 11.6 Å². The number of fused-ring (bicyclic) bond motifs is 2. The zero-order valence-corrected chi connectivity index (χ0v) is 17.5. The van der Waals surface area contributed by atoms with Crippen LogP contribution in [0.5, 0.6) is 11.5 Å². The van der Waals surface area contributed by atoms with Gasteiger partial charge in [0.15, 0.2) is 11.5 Å². The molecule has 0 fully saturated rings. The molecule has 1 aliphatic rings. The first-order chi connectivity index (χ1) is 15.9. The minimum absolute atomic E-state index is 0.00613. The molecule has 2 N–H and O–H groups in total. The first-order valence-electron chi connectivity index (χ1n) is 10.3. The van der Waals surface area contributed by atoms with E-state index in [4.69, 9.17) is 9.47 Å². The van der Waals surface area contributed by atoms with Crippen molar-refractivity contribution in [1.82, 2.24) is 14.7 Å². The summed E-state index contributed by atoms with van der Waals surface area (Å²) >= 11 is 0. The molecule has 168 valence electrons. The minimum Gasteiger partial charge on any atom is -0.486 e. The Morgan fingerprint density at radius 2 is 1.79 bits per heavy atom. The quantitative estimate of drug-likeness (QED) is 0.494. The van der Waals surface area contributed by atoms with E-state index in [1.165, 1.54) is 24.4 Å². The molecule has 9 heteroatoms. The highest BCUT2D eigenvalue weighted by Crippen LogP contribution is 2.34. The van der Waals surface area contributed by atoms with Crippen molar-refractivity contribution in [3.8, 4) is 22.8 Å². The number of nitrogens with zero attached hydrogens (tertiary/aromatic N) is 1. The second kappa shape index (κ2) is 8.09. The Morgan fingerprint density at radius 3 is 2.55 bits per heavy atom. The number of nitrogens with one attached hydrogen (secondary N) is 2. The molecule has 2 aromatic carbocycles. The summed E-state index contributed by atoms with van der Waals surface area (Å²) in [6, 6.07) is 11.5. The van der Waals surface area contributed by atoms with E-state index in [2.05, 4.69) is 10.3 Å². The van der Waals surface area contributed by atoms with Gasteiger partial charge in [-0.05, 0) is 48.9 Å². The van der Waals surface area contributed by atoms with Gasteiger partial charge in [0.2, 0.25) is 5.95 Å². The Balaban J connectivity index is 1.47. The molecule has 33 heavy (non-hydrogen) atoms. The first kappa shape index (κ1) is 20.7. The maximum Gasteiger partial charge on any atom is 0.272 e. The molecule has 0 saturated carbocycles. The van der Waals surface area contributed by atoms with Crippen LogP contribution in [0.3, 0.4) is 0 Å². The molecule has 1 atom stereocenters. The number of benzene rings is 2. The number of carbonyl (C=O) groups is 1. The van der Waals surface area contributed by atoms with Crippen LogP contribution in [0.25, 0.3) is 16.8 Å². The van der Waals surface area contributed by atoms with Crippen molar-refractivity contribution in [2.24, 2.45) is 0 Å². The van der Waals surface area contributed by atoms with Gasteiger partial charge in [-0.3, -0.25) is 14.0 Å². The molecule has 0 saturated heterocycles. The lowest BCUT2D eigenvalue weighted by atomic mass is 10.1. The van der Waals surface area contributed by atoms with Crippen molar-refractivity contribution >= 4 is 11.4 Å². The molecular weight excluding hydrogens is 432 g/mol.